The van der Waals surface area contributed by atoms with E-state index < -0.39 is 0 Å². The van der Waals surface area contributed by atoms with Gasteiger partial charge in [-0.05, 0) is 60.4 Å². The average Bonchev–Trinajstić information content (AvgIpc) is 2.59. The van der Waals surface area contributed by atoms with Gasteiger partial charge in [0.15, 0.2) is 0 Å². The summed E-state index contributed by atoms with van der Waals surface area (Å²) in [5.74, 6) is 0. The van der Waals surface area contributed by atoms with Gasteiger partial charge in [0.25, 0.3) is 0 Å². The second-order valence-electron chi connectivity index (χ2n) is 4.48. The third kappa shape index (κ3) is 2.45. The lowest BCUT2D eigenvalue weighted by atomic mass is 10.1. The normalized spacial score (nSPS) is 20.5. The molecule has 2 heterocycles. The number of halogens is 1. The van der Waals surface area contributed by atoms with Gasteiger partial charge in [-0.25, -0.2) is 0 Å². The van der Waals surface area contributed by atoms with Crippen molar-refractivity contribution < 1.29 is 0 Å². The van der Waals surface area contributed by atoms with Crippen molar-refractivity contribution in [3.8, 4) is 0 Å². The molecule has 1 aromatic rings. The zero-order chi connectivity index (χ0) is 10.8. The number of aryl methyl sites for hydroxylation is 1. The van der Waals surface area contributed by atoms with Gasteiger partial charge in [-0.2, -0.15) is 0 Å². The van der Waals surface area contributed by atoms with Gasteiger partial charge in [0, 0.05) is 19.3 Å². The molecule has 0 aromatic carbocycles. The van der Waals surface area contributed by atoms with E-state index in [1.807, 2.05) is 0 Å². The summed E-state index contributed by atoms with van der Waals surface area (Å²) in [7, 11) is 2.08. The highest BCUT2D eigenvalue weighted by Crippen LogP contribution is 2.26. The quantitative estimate of drug-likeness (QED) is 0.801. The van der Waals surface area contributed by atoms with Crippen LogP contribution in [-0.2, 0) is 7.05 Å². The molecule has 15 heavy (non-hydrogen) atoms. The van der Waals surface area contributed by atoms with E-state index in [0.29, 0.717) is 6.04 Å². The van der Waals surface area contributed by atoms with Crippen LogP contribution in [0.1, 0.15) is 37.8 Å². The van der Waals surface area contributed by atoms with Gasteiger partial charge >= 0.3 is 0 Å². The topological polar surface area (TPSA) is 8.17 Å². The van der Waals surface area contributed by atoms with Crippen LogP contribution in [0.4, 0.5) is 0 Å². The van der Waals surface area contributed by atoms with E-state index in [9.17, 15) is 0 Å². The first kappa shape index (κ1) is 11.2. The molecule has 0 bridgehead atoms. The minimum atomic E-state index is 0.558. The van der Waals surface area contributed by atoms with Crippen molar-refractivity contribution in [3.63, 3.8) is 0 Å². The molecule has 3 heteroatoms. The van der Waals surface area contributed by atoms with Gasteiger partial charge in [-0.1, -0.05) is 6.42 Å². The number of nitrogens with zero attached hydrogens (tertiary/aromatic N) is 2. The highest BCUT2D eigenvalue weighted by molar-refractivity contribution is 9.10. The minimum Gasteiger partial charge on any atom is -0.345 e. The third-order valence-corrected chi connectivity index (χ3v) is 4.17. The van der Waals surface area contributed by atoms with Gasteiger partial charge in [0.2, 0.25) is 0 Å². The average molecular weight is 271 g/mol. The second kappa shape index (κ2) is 4.71. The molecule has 1 atom stereocenters. The third-order valence-electron chi connectivity index (χ3n) is 3.39. The fourth-order valence-corrected chi connectivity index (χ4v) is 2.67. The lowest BCUT2D eigenvalue weighted by molar-refractivity contribution is 0.175. The number of aromatic nitrogens is 1. The number of piperidine rings is 1. The maximum atomic E-state index is 3.55. The van der Waals surface area contributed by atoms with Crippen LogP contribution < -0.4 is 0 Å². The predicted molar refractivity (Wildman–Crippen MR) is 67.0 cm³/mol. The highest BCUT2D eigenvalue weighted by atomic mass is 79.9. The van der Waals surface area contributed by atoms with Crippen molar-refractivity contribution in [3.05, 3.63) is 22.4 Å². The van der Waals surface area contributed by atoms with E-state index in [-0.39, 0.29) is 0 Å². The molecule has 0 aliphatic carbocycles. The van der Waals surface area contributed by atoms with Crippen LogP contribution in [0, 0.1) is 0 Å². The monoisotopic (exact) mass is 270 g/mol. The molecule has 0 spiro atoms. The summed E-state index contributed by atoms with van der Waals surface area (Å²) >= 11 is 3.55. The molecule has 1 aromatic heterocycles. The molecule has 0 saturated carbocycles. The molecule has 0 amide bonds. The van der Waals surface area contributed by atoms with Crippen LogP contribution in [-0.4, -0.2) is 22.6 Å². The number of hydrogen-bond donors (Lipinski definition) is 0. The molecular weight excluding hydrogens is 252 g/mol. The van der Waals surface area contributed by atoms with Crippen molar-refractivity contribution in [2.75, 3.05) is 13.1 Å². The Hall–Kier alpha value is -0.280. The summed E-state index contributed by atoms with van der Waals surface area (Å²) in [4.78, 5) is 2.59. The fraction of sp³-hybridized carbons (Fsp3) is 0.667. The Morgan fingerprint density at radius 2 is 1.93 bits per heavy atom. The Kier molecular flexibility index (Phi) is 3.52. The van der Waals surface area contributed by atoms with Crippen LogP contribution in [0.15, 0.2) is 16.9 Å². The lowest BCUT2D eigenvalue weighted by Gasteiger charge is -2.31. The smallest absolute Gasteiger partial charge is 0.0847 e. The van der Waals surface area contributed by atoms with Gasteiger partial charge < -0.3 is 4.57 Å². The summed E-state index contributed by atoms with van der Waals surface area (Å²) in [6.07, 6.45) is 6.35. The molecule has 1 aliphatic rings. The van der Waals surface area contributed by atoms with Crippen molar-refractivity contribution in [2.24, 2.45) is 7.05 Å². The van der Waals surface area contributed by atoms with Crippen LogP contribution in [0.3, 0.4) is 0 Å². The Balaban J connectivity index is 2.08. The fourth-order valence-electron chi connectivity index (χ4n) is 2.31. The molecule has 84 valence electrons. The maximum absolute atomic E-state index is 3.55. The molecule has 1 unspecified atom stereocenters. The standard InChI is InChI=1S/C12H19BrN2/c1-10(15-6-4-3-5-7-15)11-8-12(13)14(2)9-11/h8-10H,3-7H2,1-2H3. The van der Waals surface area contributed by atoms with Crippen LogP contribution in [0.5, 0.6) is 0 Å². The summed E-state index contributed by atoms with van der Waals surface area (Å²) in [5.41, 5.74) is 1.42. The highest BCUT2D eigenvalue weighted by Gasteiger charge is 2.19. The van der Waals surface area contributed by atoms with Gasteiger partial charge in [0.1, 0.15) is 0 Å². The Bertz CT molecular complexity index is 307. The molecule has 0 radical (unpaired) electrons. The SMILES string of the molecule is CC(c1cc(Br)n(C)c1)N1CCCCC1. The van der Waals surface area contributed by atoms with Crippen molar-refractivity contribution in [1.29, 1.82) is 0 Å². The molecule has 0 N–H and O–H groups in total. The van der Waals surface area contributed by atoms with Crippen LogP contribution >= 0.6 is 15.9 Å². The summed E-state index contributed by atoms with van der Waals surface area (Å²) in [5, 5.41) is 0. The van der Waals surface area contributed by atoms with Gasteiger partial charge in [-0.15, -0.1) is 0 Å². The van der Waals surface area contributed by atoms with E-state index in [2.05, 4.69) is 51.6 Å². The van der Waals surface area contributed by atoms with E-state index >= 15 is 0 Å². The van der Waals surface area contributed by atoms with Crippen molar-refractivity contribution >= 4 is 15.9 Å². The zero-order valence-corrected chi connectivity index (χ0v) is 11.1. The van der Waals surface area contributed by atoms with E-state index in [0.717, 1.165) is 0 Å². The molecule has 1 saturated heterocycles. The summed E-state index contributed by atoms with van der Waals surface area (Å²) < 4.78 is 3.30. The lowest BCUT2D eigenvalue weighted by Crippen LogP contribution is -2.32. The molecule has 2 nitrogen and oxygen atoms in total. The van der Waals surface area contributed by atoms with Gasteiger partial charge in [0.05, 0.1) is 4.60 Å². The molecule has 2 rings (SSSR count). The molecule has 1 aliphatic heterocycles. The molecule has 1 fully saturated rings. The van der Waals surface area contributed by atoms with Crippen LogP contribution in [0.25, 0.3) is 0 Å². The largest absolute Gasteiger partial charge is 0.345 e. The predicted octanol–water partition coefficient (Wildman–Crippen LogP) is 3.33. The summed E-state index contributed by atoms with van der Waals surface area (Å²) in [6, 6.07) is 2.79. The van der Waals surface area contributed by atoms with Crippen LogP contribution in [0.2, 0.25) is 0 Å². The number of hydrogen-bond acceptors (Lipinski definition) is 1. The van der Waals surface area contributed by atoms with E-state index in [4.69, 9.17) is 0 Å². The molecular formula is C12H19BrN2. The van der Waals surface area contributed by atoms with E-state index in [1.165, 1.54) is 42.5 Å². The Morgan fingerprint density at radius 3 is 2.47 bits per heavy atom. The van der Waals surface area contributed by atoms with Crippen molar-refractivity contribution in [1.82, 2.24) is 9.47 Å². The minimum absolute atomic E-state index is 0.558. The Morgan fingerprint density at radius 1 is 1.27 bits per heavy atom. The zero-order valence-electron chi connectivity index (χ0n) is 9.54. The van der Waals surface area contributed by atoms with Crippen molar-refractivity contribution in [2.45, 2.75) is 32.2 Å². The second-order valence-corrected chi connectivity index (χ2v) is 5.29. The summed E-state index contributed by atoms with van der Waals surface area (Å²) in [6.45, 7) is 4.83. The first-order valence-electron chi connectivity index (χ1n) is 5.74. The van der Waals surface area contributed by atoms with Gasteiger partial charge in [-0.3, -0.25) is 4.90 Å². The maximum Gasteiger partial charge on any atom is 0.0847 e. The first-order chi connectivity index (χ1) is 7.18. The number of likely N-dealkylation sites (tertiary alicyclic amines) is 1. The van der Waals surface area contributed by atoms with E-state index in [1.54, 1.807) is 0 Å². The Labute approximate surface area is 100 Å². The first-order valence-corrected chi connectivity index (χ1v) is 6.53. The number of rotatable bonds is 2.